The first-order valence-corrected chi connectivity index (χ1v) is 6.87. The summed E-state index contributed by atoms with van der Waals surface area (Å²) >= 11 is 0. The highest BCUT2D eigenvalue weighted by Gasteiger charge is 2.21. The van der Waals surface area contributed by atoms with Crippen LogP contribution in [0.15, 0.2) is 24.3 Å². The van der Waals surface area contributed by atoms with E-state index in [0.717, 1.165) is 31.5 Å². The molecule has 0 aliphatic carbocycles. The molecule has 0 bridgehead atoms. The minimum Gasteiger partial charge on any atom is -0.331 e. The lowest BCUT2D eigenvalue weighted by atomic mass is 9.99. The van der Waals surface area contributed by atoms with Crippen LogP contribution in [0, 0.1) is 11.7 Å². The summed E-state index contributed by atoms with van der Waals surface area (Å²) in [5, 5.41) is 2.96. The van der Waals surface area contributed by atoms with E-state index >= 15 is 0 Å². The molecule has 2 amide bonds. The lowest BCUT2D eigenvalue weighted by Gasteiger charge is -2.31. The van der Waals surface area contributed by atoms with Crippen LogP contribution in [0.2, 0.25) is 0 Å². The zero-order valence-electron chi connectivity index (χ0n) is 11.5. The third kappa shape index (κ3) is 3.69. The number of carbonyl (C=O) groups excluding carboxylic acids is 1. The van der Waals surface area contributed by atoms with Gasteiger partial charge in [0.25, 0.3) is 0 Å². The summed E-state index contributed by atoms with van der Waals surface area (Å²) < 4.78 is 12.8. The van der Waals surface area contributed by atoms with Crippen molar-refractivity contribution >= 4 is 6.03 Å². The molecule has 19 heavy (non-hydrogen) atoms. The lowest BCUT2D eigenvalue weighted by Crippen LogP contribution is -2.44. The van der Waals surface area contributed by atoms with E-state index in [2.05, 4.69) is 12.2 Å². The lowest BCUT2D eigenvalue weighted by molar-refractivity contribution is 0.171. The SMILES string of the molecule is CC1CCN(C(=O)NC(C)c2ccc(F)cc2)CC1. The number of amides is 2. The van der Waals surface area contributed by atoms with Crippen molar-refractivity contribution in [2.24, 2.45) is 5.92 Å². The fourth-order valence-corrected chi connectivity index (χ4v) is 2.32. The van der Waals surface area contributed by atoms with Crippen molar-refractivity contribution in [3.05, 3.63) is 35.6 Å². The Morgan fingerprint density at radius 2 is 1.89 bits per heavy atom. The molecule has 1 saturated heterocycles. The molecule has 0 radical (unpaired) electrons. The van der Waals surface area contributed by atoms with Gasteiger partial charge in [-0.25, -0.2) is 9.18 Å². The third-order valence-electron chi connectivity index (χ3n) is 3.78. The van der Waals surface area contributed by atoms with Gasteiger partial charge in [-0.1, -0.05) is 19.1 Å². The maximum atomic E-state index is 12.8. The van der Waals surface area contributed by atoms with E-state index in [1.54, 1.807) is 12.1 Å². The van der Waals surface area contributed by atoms with Crippen LogP contribution in [0.4, 0.5) is 9.18 Å². The first-order chi connectivity index (χ1) is 9.06. The van der Waals surface area contributed by atoms with Gasteiger partial charge in [-0.15, -0.1) is 0 Å². The van der Waals surface area contributed by atoms with Crippen molar-refractivity contribution in [2.75, 3.05) is 13.1 Å². The van der Waals surface area contributed by atoms with Crippen LogP contribution in [0.25, 0.3) is 0 Å². The zero-order chi connectivity index (χ0) is 13.8. The number of nitrogens with zero attached hydrogens (tertiary/aromatic N) is 1. The largest absolute Gasteiger partial charge is 0.331 e. The van der Waals surface area contributed by atoms with Gasteiger partial charge < -0.3 is 10.2 Å². The van der Waals surface area contributed by atoms with E-state index in [0.29, 0.717) is 5.92 Å². The van der Waals surface area contributed by atoms with Crippen LogP contribution >= 0.6 is 0 Å². The van der Waals surface area contributed by atoms with E-state index in [1.807, 2.05) is 11.8 Å². The molecule has 1 heterocycles. The van der Waals surface area contributed by atoms with E-state index in [-0.39, 0.29) is 17.9 Å². The van der Waals surface area contributed by atoms with Gasteiger partial charge in [0.2, 0.25) is 0 Å². The molecule has 4 heteroatoms. The highest BCUT2D eigenvalue weighted by atomic mass is 19.1. The molecule has 104 valence electrons. The molecular formula is C15H21FN2O. The monoisotopic (exact) mass is 264 g/mol. The average molecular weight is 264 g/mol. The molecule has 2 rings (SSSR count). The standard InChI is InChI=1S/C15H21FN2O/c1-11-7-9-18(10-8-11)15(19)17-12(2)13-3-5-14(16)6-4-13/h3-6,11-12H,7-10H2,1-2H3,(H,17,19). The van der Waals surface area contributed by atoms with E-state index in [9.17, 15) is 9.18 Å². The Balaban J connectivity index is 1.89. The van der Waals surface area contributed by atoms with Gasteiger partial charge in [-0.3, -0.25) is 0 Å². The van der Waals surface area contributed by atoms with Crippen LogP contribution in [0.5, 0.6) is 0 Å². The van der Waals surface area contributed by atoms with Gasteiger partial charge >= 0.3 is 6.03 Å². The molecule has 1 fully saturated rings. The summed E-state index contributed by atoms with van der Waals surface area (Å²) in [6.07, 6.45) is 2.14. The number of carbonyl (C=O) groups is 1. The van der Waals surface area contributed by atoms with Gasteiger partial charge in [0.1, 0.15) is 5.82 Å². The number of benzene rings is 1. The van der Waals surface area contributed by atoms with Gasteiger partial charge in [0.05, 0.1) is 6.04 Å². The van der Waals surface area contributed by atoms with Crippen molar-refractivity contribution in [3.63, 3.8) is 0 Å². The number of piperidine rings is 1. The Bertz CT molecular complexity index is 424. The smallest absolute Gasteiger partial charge is 0.317 e. The van der Waals surface area contributed by atoms with Gasteiger partial charge in [-0.05, 0) is 43.4 Å². The number of nitrogens with one attached hydrogen (secondary N) is 1. The quantitative estimate of drug-likeness (QED) is 0.873. The molecule has 3 nitrogen and oxygen atoms in total. The molecule has 0 saturated carbocycles. The number of hydrogen-bond acceptors (Lipinski definition) is 1. The molecule has 1 unspecified atom stereocenters. The Morgan fingerprint density at radius 3 is 2.47 bits per heavy atom. The van der Waals surface area contributed by atoms with Gasteiger partial charge in [0, 0.05) is 13.1 Å². The minimum atomic E-state index is -0.257. The first kappa shape index (κ1) is 13.8. The zero-order valence-corrected chi connectivity index (χ0v) is 11.5. The maximum absolute atomic E-state index is 12.8. The average Bonchev–Trinajstić information content (AvgIpc) is 2.40. The van der Waals surface area contributed by atoms with Gasteiger partial charge in [-0.2, -0.15) is 0 Å². The third-order valence-corrected chi connectivity index (χ3v) is 3.78. The normalized spacial score (nSPS) is 18.2. The minimum absolute atomic E-state index is 0.0243. The molecule has 1 N–H and O–H groups in total. The number of urea groups is 1. The predicted octanol–water partition coefficient (Wildman–Crippen LogP) is 3.33. The Morgan fingerprint density at radius 1 is 1.32 bits per heavy atom. The summed E-state index contributed by atoms with van der Waals surface area (Å²) in [4.78, 5) is 14.0. The number of likely N-dealkylation sites (tertiary alicyclic amines) is 1. The summed E-state index contributed by atoms with van der Waals surface area (Å²) in [5.74, 6) is 0.450. The first-order valence-electron chi connectivity index (χ1n) is 6.87. The van der Waals surface area contributed by atoms with Gasteiger partial charge in [0.15, 0.2) is 0 Å². The fourth-order valence-electron chi connectivity index (χ4n) is 2.32. The molecule has 0 spiro atoms. The van der Waals surface area contributed by atoms with Crippen molar-refractivity contribution in [1.82, 2.24) is 10.2 Å². The Kier molecular flexibility index (Phi) is 4.40. The topological polar surface area (TPSA) is 32.3 Å². The highest BCUT2D eigenvalue weighted by Crippen LogP contribution is 2.17. The Labute approximate surface area is 113 Å². The predicted molar refractivity (Wildman–Crippen MR) is 73.3 cm³/mol. The molecule has 1 aromatic rings. The van der Waals surface area contributed by atoms with Crippen molar-refractivity contribution in [1.29, 1.82) is 0 Å². The van der Waals surface area contributed by atoms with Crippen molar-refractivity contribution in [3.8, 4) is 0 Å². The summed E-state index contributed by atoms with van der Waals surface area (Å²) in [5.41, 5.74) is 0.917. The maximum Gasteiger partial charge on any atom is 0.317 e. The molecule has 1 aromatic carbocycles. The second kappa shape index (κ2) is 6.04. The molecule has 0 aromatic heterocycles. The summed E-state index contributed by atoms with van der Waals surface area (Å²) in [7, 11) is 0. The van der Waals surface area contributed by atoms with E-state index in [1.165, 1.54) is 12.1 Å². The number of hydrogen-bond donors (Lipinski definition) is 1. The second-order valence-electron chi connectivity index (χ2n) is 5.39. The Hall–Kier alpha value is -1.58. The second-order valence-corrected chi connectivity index (χ2v) is 5.39. The van der Waals surface area contributed by atoms with E-state index < -0.39 is 0 Å². The molecule has 1 atom stereocenters. The van der Waals surface area contributed by atoms with Crippen molar-refractivity contribution < 1.29 is 9.18 Å². The number of rotatable bonds is 2. The summed E-state index contributed by atoms with van der Waals surface area (Å²) in [6.45, 7) is 5.78. The van der Waals surface area contributed by atoms with E-state index in [4.69, 9.17) is 0 Å². The molecule has 1 aliphatic heterocycles. The van der Waals surface area contributed by atoms with Crippen LogP contribution in [0.1, 0.15) is 38.3 Å². The van der Waals surface area contributed by atoms with Crippen LogP contribution in [-0.2, 0) is 0 Å². The fraction of sp³-hybridized carbons (Fsp3) is 0.533. The number of halogens is 1. The van der Waals surface area contributed by atoms with Crippen LogP contribution < -0.4 is 5.32 Å². The molecule has 1 aliphatic rings. The van der Waals surface area contributed by atoms with Crippen molar-refractivity contribution in [2.45, 2.75) is 32.7 Å². The van der Waals surface area contributed by atoms with Crippen LogP contribution in [0.3, 0.4) is 0 Å². The summed E-state index contributed by atoms with van der Waals surface area (Å²) in [6, 6.07) is 6.12. The highest BCUT2D eigenvalue weighted by molar-refractivity contribution is 5.74. The van der Waals surface area contributed by atoms with Crippen LogP contribution in [-0.4, -0.2) is 24.0 Å². The molecular weight excluding hydrogens is 243 g/mol.